The first-order valence-electron chi connectivity index (χ1n) is 6.59. The summed E-state index contributed by atoms with van der Waals surface area (Å²) >= 11 is 0. The van der Waals surface area contributed by atoms with Gasteiger partial charge in [0.05, 0.1) is 6.04 Å². The maximum absolute atomic E-state index is 11.8. The molecule has 1 atom stereocenters. The van der Waals surface area contributed by atoms with Crippen molar-refractivity contribution in [3.05, 3.63) is 0 Å². The molecule has 0 aromatic carbocycles. The molecule has 0 fully saturated rings. The Balaban J connectivity index is 3.73. The molecule has 0 amide bonds. The monoisotopic (exact) mass is 242 g/mol. The Hall–Kier alpha value is -0.410. The van der Waals surface area contributed by atoms with Crippen molar-refractivity contribution >= 4 is 5.78 Å². The number of carbonyl (C=O) groups excluding carboxylic acids is 1. The van der Waals surface area contributed by atoms with E-state index >= 15 is 0 Å². The highest BCUT2D eigenvalue weighted by Gasteiger charge is 2.26. The molecular weight excluding hydrogens is 212 g/mol. The van der Waals surface area contributed by atoms with Gasteiger partial charge in [0.2, 0.25) is 0 Å². The summed E-state index contributed by atoms with van der Waals surface area (Å²) in [6.45, 7) is 13.2. The Morgan fingerprint density at radius 1 is 1.12 bits per heavy atom. The topological polar surface area (TPSA) is 55.1 Å². The van der Waals surface area contributed by atoms with Gasteiger partial charge in [-0.2, -0.15) is 0 Å². The Morgan fingerprint density at radius 2 is 1.65 bits per heavy atom. The van der Waals surface area contributed by atoms with Gasteiger partial charge >= 0.3 is 0 Å². The molecule has 102 valence electrons. The van der Waals surface area contributed by atoms with Gasteiger partial charge in [0.1, 0.15) is 0 Å². The molecule has 0 rings (SSSR count). The second-order valence-electron chi connectivity index (χ2n) is 6.89. The molecule has 0 aromatic rings. The molecule has 0 aliphatic rings. The summed E-state index contributed by atoms with van der Waals surface area (Å²) in [5, 5.41) is 3.43. The Bertz CT molecular complexity index is 236. The lowest BCUT2D eigenvalue weighted by molar-refractivity contribution is -0.127. The van der Waals surface area contributed by atoms with Gasteiger partial charge in [-0.15, -0.1) is 0 Å². The van der Waals surface area contributed by atoms with E-state index in [1.807, 2.05) is 20.8 Å². The fourth-order valence-corrected chi connectivity index (χ4v) is 1.64. The normalized spacial score (nSPS) is 14.8. The van der Waals surface area contributed by atoms with E-state index in [0.29, 0.717) is 0 Å². The fraction of sp³-hybridized carbons (Fsp3) is 0.929. The molecule has 0 radical (unpaired) electrons. The van der Waals surface area contributed by atoms with E-state index < -0.39 is 0 Å². The minimum atomic E-state index is -0.316. The zero-order valence-electron chi connectivity index (χ0n) is 12.4. The minimum absolute atomic E-state index is 0.168. The third kappa shape index (κ3) is 8.33. The number of nitrogens with one attached hydrogen (secondary N) is 1. The van der Waals surface area contributed by atoms with Gasteiger partial charge in [-0.3, -0.25) is 4.79 Å². The Labute approximate surface area is 107 Å². The van der Waals surface area contributed by atoms with Gasteiger partial charge in [-0.25, -0.2) is 0 Å². The van der Waals surface area contributed by atoms with E-state index in [9.17, 15) is 4.79 Å². The second kappa shape index (κ2) is 6.50. The number of carbonyl (C=O) groups is 1. The third-order valence-corrected chi connectivity index (χ3v) is 2.67. The highest BCUT2D eigenvalue weighted by Crippen LogP contribution is 2.18. The van der Waals surface area contributed by atoms with Crippen LogP contribution in [0.2, 0.25) is 0 Å². The van der Waals surface area contributed by atoms with Crippen LogP contribution in [0.1, 0.15) is 60.8 Å². The van der Waals surface area contributed by atoms with E-state index in [0.717, 1.165) is 25.8 Å². The van der Waals surface area contributed by atoms with Crippen molar-refractivity contribution in [2.45, 2.75) is 72.4 Å². The molecular formula is C14H30N2O. The lowest BCUT2D eigenvalue weighted by Crippen LogP contribution is -2.39. The lowest BCUT2D eigenvalue weighted by Gasteiger charge is -2.22. The summed E-state index contributed by atoms with van der Waals surface area (Å²) in [5.74, 6) is 0.168. The van der Waals surface area contributed by atoms with Gasteiger partial charge in [-0.1, -0.05) is 27.2 Å². The van der Waals surface area contributed by atoms with Gasteiger partial charge in [-0.05, 0) is 40.2 Å². The number of Topliss-reactive ketones (excluding diaryl/α,β-unsaturated/α-hetero) is 1. The largest absolute Gasteiger partial charge is 0.321 e. The molecule has 0 spiro atoms. The van der Waals surface area contributed by atoms with Crippen LogP contribution in [0.4, 0.5) is 0 Å². The van der Waals surface area contributed by atoms with Crippen LogP contribution in [0, 0.1) is 5.41 Å². The SMILES string of the molecule is CC(C)(C)NCCCC[C@@H](N)C(=O)C(C)(C)C. The van der Waals surface area contributed by atoms with E-state index in [-0.39, 0.29) is 22.8 Å². The second-order valence-corrected chi connectivity index (χ2v) is 6.89. The molecule has 0 saturated heterocycles. The van der Waals surface area contributed by atoms with E-state index in [1.54, 1.807) is 0 Å². The minimum Gasteiger partial charge on any atom is -0.321 e. The van der Waals surface area contributed by atoms with Crippen LogP contribution in [0.5, 0.6) is 0 Å². The number of rotatable bonds is 6. The standard InChI is InChI=1S/C14H30N2O/c1-13(2,3)12(17)11(15)9-7-8-10-16-14(4,5)6/h11,16H,7-10,15H2,1-6H3/t11-/m1/s1. The summed E-state index contributed by atoms with van der Waals surface area (Å²) < 4.78 is 0. The maximum Gasteiger partial charge on any atom is 0.154 e. The maximum atomic E-state index is 11.8. The molecule has 0 aliphatic carbocycles. The van der Waals surface area contributed by atoms with Crippen molar-refractivity contribution in [3.8, 4) is 0 Å². The first-order chi connectivity index (χ1) is 7.54. The zero-order valence-corrected chi connectivity index (χ0v) is 12.4. The van der Waals surface area contributed by atoms with Gasteiger partial charge < -0.3 is 11.1 Å². The summed E-state index contributed by atoms with van der Waals surface area (Å²) in [5.41, 5.74) is 5.76. The average Bonchev–Trinajstić information content (AvgIpc) is 2.12. The smallest absolute Gasteiger partial charge is 0.154 e. The first-order valence-corrected chi connectivity index (χ1v) is 6.59. The summed E-state index contributed by atoms with van der Waals surface area (Å²) in [7, 11) is 0. The fourth-order valence-electron chi connectivity index (χ4n) is 1.64. The van der Waals surface area contributed by atoms with Crippen molar-refractivity contribution < 1.29 is 4.79 Å². The molecule has 0 saturated carbocycles. The highest BCUT2D eigenvalue weighted by atomic mass is 16.1. The molecule has 17 heavy (non-hydrogen) atoms. The number of hydrogen-bond acceptors (Lipinski definition) is 3. The number of nitrogens with two attached hydrogens (primary N) is 1. The number of hydrogen-bond donors (Lipinski definition) is 2. The zero-order chi connectivity index (χ0) is 13.7. The average molecular weight is 242 g/mol. The van der Waals surface area contributed by atoms with Crippen LogP contribution < -0.4 is 11.1 Å². The van der Waals surface area contributed by atoms with E-state index in [1.165, 1.54) is 0 Å². The van der Waals surface area contributed by atoms with Crippen LogP contribution in [0.15, 0.2) is 0 Å². The van der Waals surface area contributed by atoms with Gasteiger partial charge in [0, 0.05) is 11.0 Å². The van der Waals surface area contributed by atoms with E-state index in [2.05, 4.69) is 26.1 Å². The van der Waals surface area contributed by atoms with Crippen molar-refractivity contribution in [1.29, 1.82) is 0 Å². The van der Waals surface area contributed by atoms with E-state index in [4.69, 9.17) is 5.73 Å². The number of ketones is 1. The van der Waals surface area contributed by atoms with Gasteiger partial charge in [0.15, 0.2) is 5.78 Å². The van der Waals surface area contributed by atoms with Crippen LogP contribution in [-0.4, -0.2) is 23.9 Å². The molecule has 3 heteroatoms. The molecule has 0 aromatic heterocycles. The molecule has 0 unspecified atom stereocenters. The predicted molar refractivity (Wildman–Crippen MR) is 74.0 cm³/mol. The number of unbranched alkanes of at least 4 members (excludes halogenated alkanes) is 1. The van der Waals surface area contributed by atoms with Crippen LogP contribution in [0.3, 0.4) is 0 Å². The predicted octanol–water partition coefficient (Wildman–Crippen LogP) is 2.49. The van der Waals surface area contributed by atoms with Crippen molar-refractivity contribution in [2.75, 3.05) is 6.54 Å². The first kappa shape index (κ1) is 16.6. The molecule has 3 N–H and O–H groups in total. The van der Waals surface area contributed by atoms with Crippen molar-refractivity contribution in [3.63, 3.8) is 0 Å². The quantitative estimate of drug-likeness (QED) is 0.704. The molecule has 0 heterocycles. The molecule has 3 nitrogen and oxygen atoms in total. The Kier molecular flexibility index (Phi) is 6.35. The third-order valence-electron chi connectivity index (χ3n) is 2.67. The highest BCUT2D eigenvalue weighted by molar-refractivity contribution is 5.88. The Morgan fingerprint density at radius 3 is 2.06 bits per heavy atom. The van der Waals surface area contributed by atoms with Gasteiger partial charge in [0.25, 0.3) is 0 Å². The summed E-state index contributed by atoms with van der Waals surface area (Å²) in [4.78, 5) is 11.8. The summed E-state index contributed by atoms with van der Waals surface area (Å²) in [6.07, 6.45) is 2.87. The van der Waals surface area contributed by atoms with Crippen LogP contribution in [-0.2, 0) is 4.79 Å². The van der Waals surface area contributed by atoms with Crippen molar-refractivity contribution in [2.24, 2.45) is 11.1 Å². The molecule has 0 aliphatic heterocycles. The van der Waals surface area contributed by atoms with Crippen LogP contribution in [0.25, 0.3) is 0 Å². The van der Waals surface area contributed by atoms with Crippen LogP contribution >= 0.6 is 0 Å². The molecule has 0 bridgehead atoms. The lowest BCUT2D eigenvalue weighted by atomic mass is 9.85. The summed E-state index contributed by atoms with van der Waals surface area (Å²) in [6, 6.07) is -0.301. The van der Waals surface area contributed by atoms with Crippen molar-refractivity contribution in [1.82, 2.24) is 5.32 Å².